The third-order valence-corrected chi connectivity index (χ3v) is 5.75. The summed E-state index contributed by atoms with van der Waals surface area (Å²) in [7, 11) is 0. The van der Waals surface area contributed by atoms with Crippen LogP contribution >= 0.6 is 47.0 Å². The van der Waals surface area contributed by atoms with Gasteiger partial charge in [0.05, 0.1) is 0 Å². The van der Waals surface area contributed by atoms with Crippen LogP contribution in [0.1, 0.15) is 16.1 Å². The highest BCUT2D eigenvalue weighted by atomic mass is 35.5. The first-order chi connectivity index (χ1) is 17.7. The lowest BCUT2D eigenvalue weighted by Crippen LogP contribution is -2.32. The number of rotatable bonds is 6. The molecule has 1 heterocycles. The molecule has 0 bridgehead atoms. The minimum absolute atomic E-state index is 0.0849. The molecule has 3 aromatic carbocycles. The van der Waals surface area contributed by atoms with Gasteiger partial charge in [0.1, 0.15) is 11.5 Å². The zero-order chi connectivity index (χ0) is 26.4. The van der Waals surface area contributed by atoms with Crippen LogP contribution in [0.25, 0.3) is 17.4 Å². The molecule has 3 N–H and O–H groups in total. The maximum absolute atomic E-state index is 12.4. The molecule has 0 aliphatic rings. The first-order valence-corrected chi connectivity index (χ1v) is 12.3. The normalized spacial score (nSPS) is 10.8. The van der Waals surface area contributed by atoms with Crippen LogP contribution in [0.2, 0.25) is 15.1 Å². The number of benzene rings is 3. The average molecular weight is 571 g/mol. The SMILES string of the molecule is O=C(/C=C/c1ccc(-c2cc(Cl)cc(Cl)c2)o1)NC(=S)Nc1cccc(NC(=O)c2cccc(Cl)c2)c1. The summed E-state index contributed by atoms with van der Waals surface area (Å²) in [6.07, 6.45) is 2.81. The van der Waals surface area contributed by atoms with E-state index in [0.717, 1.165) is 5.56 Å². The van der Waals surface area contributed by atoms with E-state index in [9.17, 15) is 9.59 Å². The van der Waals surface area contributed by atoms with Gasteiger partial charge in [-0.25, -0.2) is 0 Å². The maximum atomic E-state index is 12.4. The predicted molar refractivity (Wildman–Crippen MR) is 153 cm³/mol. The van der Waals surface area contributed by atoms with Gasteiger partial charge < -0.3 is 15.1 Å². The maximum Gasteiger partial charge on any atom is 0.255 e. The molecule has 6 nitrogen and oxygen atoms in total. The number of amides is 2. The van der Waals surface area contributed by atoms with E-state index >= 15 is 0 Å². The number of hydrogen-bond donors (Lipinski definition) is 3. The monoisotopic (exact) mass is 569 g/mol. The molecule has 0 unspecified atom stereocenters. The van der Waals surface area contributed by atoms with E-state index in [2.05, 4.69) is 16.0 Å². The van der Waals surface area contributed by atoms with Gasteiger partial charge in [0.25, 0.3) is 5.91 Å². The van der Waals surface area contributed by atoms with Crippen LogP contribution in [0, 0.1) is 0 Å². The second kappa shape index (κ2) is 12.1. The molecular formula is C27H18Cl3N3O3S. The summed E-state index contributed by atoms with van der Waals surface area (Å²) in [5, 5.41) is 9.80. The second-order valence-electron chi connectivity index (χ2n) is 7.68. The van der Waals surface area contributed by atoms with Crippen LogP contribution < -0.4 is 16.0 Å². The molecule has 0 saturated heterocycles. The van der Waals surface area contributed by atoms with Crippen LogP contribution in [0.4, 0.5) is 11.4 Å². The van der Waals surface area contributed by atoms with Gasteiger partial charge in [0, 0.05) is 43.6 Å². The third kappa shape index (κ3) is 7.68. The fourth-order valence-electron chi connectivity index (χ4n) is 3.28. The molecule has 186 valence electrons. The Morgan fingerprint density at radius 2 is 1.49 bits per heavy atom. The fourth-order valence-corrected chi connectivity index (χ4v) is 4.21. The topological polar surface area (TPSA) is 83.4 Å². The van der Waals surface area contributed by atoms with Crippen LogP contribution in [-0.2, 0) is 4.79 Å². The largest absolute Gasteiger partial charge is 0.457 e. The predicted octanol–water partition coefficient (Wildman–Crippen LogP) is 7.69. The first-order valence-electron chi connectivity index (χ1n) is 10.8. The molecule has 37 heavy (non-hydrogen) atoms. The van der Waals surface area contributed by atoms with Gasteiger partial charge in [-0.2, -0.15) is 0 Å². The molecule has 4 rings (SSSR count). The molecule has 0 saturated carbocycles. The number of hydrogen-bond acceptors (Lipinski definition) is 4. The zero-order valence-electron chi connectivity index (χ0n) is 18.9. The van der Waals surface area contributed by atoms with Gasteiger partial charge in [0.15, 0.2) is 5.11 Å². The van der Waals surface area contributed by atoms with Crippen molar-refractivity contribution in [2.45, 2.75) is 0 Å². The highest BCUT2D eigenvalue weighted by molar-refractivity contribution is 7.80. The molecule has 0 aliphatic heterocycles. The Morgan fingerprint density at radius 1 is 0.784 bits per heavy atom. The Morgan fingerprint density at radius 3 is 2.22 bits per heavy atom. The fraction of sp³-hybridized carbons (Fsp3) is 0. The van der Waals surface area contributed by atoms with E-state index in [1.165, 1.54) is 12.2 Å². The van der Waals surface area contributed by atoms with Gasteiger partial charge in [0.2, 0.25) is 5.91 Å². The van der Waals surface area contributed by atoms with Gasteiger partial charge in [-0.15, -0.1) is 0 Å². The summed E-state index contributed by atoms with van der Waals surface area (Å²) in [4.78, 5) is 24.8. The van der Waals surface area contributed by atoms with Crippen molar-refractivity contribution in [3.8, 4) is 11.3 Å². The highest BCUT2D eigenvalue weighted by Gasteiger charge is 2.09. The molecule has 4 aromatic rings. The molecule has 0 atom stereocenters. The van der Waals surface area contributed by atoms with Crippen LogP contribution in [0.5, 0.6) is 0 Å². The number of carbonyl (C=O) groups excluding carboxylic acids is 2. The molecular weight excluding hydrogens is 553 g/mol. The van der Waals surface area contributed by atoms with Crippen molar-refractivity contribution >= 4 is 81.4 Å². The second-order valence-corrected chi connectivity index (χ2v) is 9.40. The zero-order valence-corrected chi connectivity index (χ0v) is 22.0. The number of halogens is 3. The standard InChI is InChI=1S/C27H18Cl3N3O3S/c28-18-4-1-3-16(11-18)26(35)31-21-5-2-6-22(15-21)32-27(37)33-25(34)10-8-23-7-9-24(36-23)17-12-19(29)14-20(30)13-17/h1-15H,(H,31,35)(H2,32,33,34,37)/b10-8+. The van der Waals surface area contributed by atoms with E-state index in [1.54, 1.807) is 78.9 Å². The highest BCUT2D eigenvalue weighted by Crippen LogP contribution is 2.29. The lowest BCUT2D eigenvalue weighted by molar-refractivity contribution is -0.115. The number of nitrogens with one attached hydrogen (secondary N) is 3. The summed E-state index contributed by atoms with van der Waals surface area (Å²) >= 11 is 23.3. The van der Waals surface area contributed by atoms with Gasteiger partial charge in [-0.05, 0) is 85.0 Å². The van der Waals surface area contributed by atoms with Crippen LogP contribution in [0.15, 0.2) is 89.4 Å². The molecule has 0 fully saturated rings. The first kappa shape index (κ1) is 26.4. The van der Waals surface area contributed by atoms with E-state index in [4.69, 9.17) is 51.4 Å². The van der Waals surface area contributed by atoms with E-state index < -0.39 is 5.91 Å². The Labute approximate surface area is 233 Å². The molecule has 0 spiro atoms. The van der Waals surface area contributed by atoms with Gasteiger partial charge >= 0.3 is 0 Å². The van der Waals surface area contributed by atoms with Crippen molar-refractivity contribution in [2.75, 3.05) is 10.6 Å². The third-order valence-electron chi connectivity index (χ3n) is 4.87. The lowest BCUT2D eigenvalue weighted by Gasteiger charge is -2.11. The Kier molecular flexibility index (Phi) is 8.63. The van der Waals surface area contributed by atoms with Crippen LogP contribution in [-0.4, -0.2) is 16.9 Å². The van der Waals surface area contributed by atoms with Gasteiger partial charge in [-0.1, -0.05) is 46.9 Å². The van der Waals surface area contributed by atoms with E-state index in [1.807, 2.05) is 0 Å². The quantitative estimate of drug-likeness (QED) is 0.164. The minimum atomic E-state index is -0.452. The van der Waals surface area contributed by atoms with Crippen molar-refractivity contribution in [1.82, 2.24) is 5.32 Å². The summed E-state index contributed by atoms with van der Waals surface area (Å²) in [6.45, 7) is 0. The van der Waals surface area contributed by atoms with E-state index in [-0.39, 0.29) is 11.0 Å². The van der Waals surface area contributed by atoms with Crippen molar-refractivity contribution < 1.29 is 14.0 Å². The summed E-state index contributed by atoms with van der Waals surface area (Å²) in [5.41, 5.74) is 2.27. The van der Waals surface area contributed by atoms with Crippen molar-refractivity contribution in [2.24, 2.45) is 0 Å². The Hall–Kier alpha value is -3.62. The summed E-state index contributed by atoms with van der Waals surface area (Å²) in [6, 6.07) is 22.1. The summed E-state index contributed by atoms with van der Waals surface area (Å²) < 4.78 is 5.74. The smallest absolute Gasteiger partial charge is 0.255 e. The molecule has 2 amide bonds. The Bertz CT molecular complexity index is 1500. The Balaban J connectivity index is 1.32. The molecule has 10 heteroatoms. The van der Waals surface area contributed by atoms with E-state index in [0.29, 0.717) is 43.5 Å². The van der Waals surface area contributed by atoms with Crippen molar-refractivity contribution in [3.63, 3.8) is 0 Å². The molecule has 0 radical (unpaired) electrons. The molecule has 0 aliphatic carbocycles. The lowest BCUT2D eigenvalue weighted by atomic mass is 10.2. The number of anilines is 2. The van der Waals surface area contributed by atoms with Crippen molar-refractivity contribution in [1.29, 1.82) is 0 Å². The number of carbonyl (C=O) groups is 2. The number of thiocarbonyl (C=S) groups is 1. The summed E-state index contributed by atoms with van der Waals surface area (Å²) in [5.74, 6) is 0.263. The molecule has 1 aromatic heterocycles. The van der Waals surface area contributed by atoms with Gasteiger partial charge in [-0.3, -0.25) is 14.9 Å². The van der Waals surface area contributed by atoms with Crippen molar-refractivity contribution in [3.05, 3.63) is 111 Å². The average Bonchev–Trinajstić information content (AvgIpc) is 3.31. The number of furan rings is 1. The minimum Gasteiger partial charge on any atom is -0.457 e. The van der Waals surface area contributed by atoms with Crippen LogP contribution in [0.3, 0.4) is 0 Å².